The summed E-state index contributed by atoms with van der Waals surface area (Å²) >= 11 is 0. The maximum Gasteiger partial charge on any atom is 0.223 e. The Labute approximate surface area is 143 Å². The molecule has 2 amide bonds. The zero-order valence-electron chi connectivity index (χ0n) is 14.1. The van der Waals surface area contributed by atoms with Crippen molar-refractivity contribution in [3.63, 3.8) is 0 Å². The Kier molecular flexibility index (Phi) is 5.51. The first kappa shape index (κ1) is 17.0. The molecular formula is C19H27N3O2. The van der Waals surface area contributed by atoms with Crippen molar-refractivity contribution in [2.45, 2.75) is 50.6 Å². The summed E-state index contributed by atoms with van der Waals surface area (Å²) in [5.74, 6) is 0.254. The highest BCUT2D eigenvalue weighted by Crippen LogP contribution is 2.25. The van der Waals surface area contributed by atoms with Gasteiger partial charge in [0.25, 0.3) is 0 Å². The lowest BCUT2D eigenvalue weighted by atomic mass is 9.85. The molecule has 5 heteroatoms. The van der Waals surface area contributed by atoms with Crippen LogP contribution in [0.4, 0.5) is 0 Å². The van der Waals surface area contributed by atoms with Gasteiger partial charge in [0, 0.05) is 31.5 Å². The van der Waals surface area contributed by atoms with Gasteiger partial charge < -0.3 is 16.0 Å². The second kappa shape index (κ2) is 7.79. The lowest BCUT2D eigenvalue weighted by molar-refractivity contribution is -0.130. The minimum atomic E-state index is -0.154. The van der Waals surface area contributed by atoms with Gasteiger partial charge in [-0.2, -0.15) is 0 Å². The van der Waals surface area contributed by atoms with E-state index in [4.69, 9.17) is 5.73 Å². The molecule has 130 valence electrons. The quantitative estimate of drug-likeness (QED) is 0.867. The van der Waals surface area contributed by atoms with Crippen LogP contribution in [0.5, 0.6) is 0 Å². The molecule has 0 bridgehead atoms. The molecule has 3 atom stereocenters. The molecule has 1 aliphatic heterocycles. The Morgan fingerprint density at radius 2 is 2.04 bits per heavy atom. The van der Waals surface area contributed by atoms with Gasteiger partial charge in [0.15, 0.2) is 0 Å². The molecule has 2 fully saturated rings. The third-order valence-corrected chi connectivity index (χ3v) is 5.18. The number of nitrogens with zero attached hydrogens (tertiary/aromatic N) is 1. The van der Waals surface area contributed by atoms with Crippen LogP contribution in [-0.4, -0.2) is 35.8 Å². The van der Waals surface area contributed by atoms with Gasteiger partial charge in [-0.25, -0.2) is 0 Å². The number of nitrogens with one attached hydrogen (secondary N) is 1. The number of nitrogens with two attached hydrogens (primary N) is 1. The van der Waals surface area contributed by atoms with Crippen LogP contribution in [-0.2, 0) is 9.59 Å². The highest BCUT2D eigenvalue weighted by Gasteiger charge is 2.29. The standard InChI is InChI=1S/C19H27N3O2/c20-16-9-4-8-15(12-16)19(24)21-17(14-6-2-1-3-7-14)13-22-11-5-10-18(22)23/h1-3,6-7,15-17H,4-5,8-13,20H2,(H,21,24). The topological polar surface area (TPSA) is 75.4 Å². The summed E-state index contributed by atoms with van der Waals surface area (Å²) in [6.07, 6.45) is 5.21. The summed E-state index contributed by atoms with van der Waals surface area (Å²) in [7, 11) is 0. The van der Waals surface area contributed by atoms with E-state index in [9.17, 15) is 9.59 Å². The fourth-order valence-corrected chi connectivity index (χ4v) is 3.79. The van der Waals surface area contributed by atoms with E-state index in [-0.39, 0.29) is 29.8 Å². The van der Waals surface area contributed by atoms with Gasteiger partial charge in [-0.05, 0) is 31.2 Å². The monoisotopic (exact) mass is 329 g/mol. The highest BCUT2D eigenvalue weighted by atomic mass is 16.2. The second-order valence-corrected chi connectivity index (χ2v) is 7.04. The summed E-state index contributed by atoms with van der Waals surface area (Å²) in [5, 5.41) is 3.18. The third kappa shape index (κ3) is 4.15. The number of carbonyl (C=O) groups is 2. The van der Waals surface area contributed by atoms with Gasteiger partial charge >= 0.3 is 0 Å². The maximum atomic E-state index is 12.7. The molecule has 3 rings (SSSR count). The molecule has 1 saturated carbocycles. The molecule has 24 heavy (non-hydrogen) atoms. The SMILES string of the molecule is NC1CCCC(C(=O)NC(CN2CCCC2=O)c2ccccc2)C1. The molecule has 1 aliphatic carbocycles. The van der Waals surface area contributed by atoms with Crippen LogP contribution in [0.3, 0.4) is 0 Å². The Bertz CT molecular complexity index is 575. The van der Waals surface area contributed by atoms with E-state index in [1.807, 2.05) is 35.2 Å². The number of hydrogen-bond acceptors (Lipinski definition) is 3. The molecule has 2 aliphatic rings. The van der Waals surface area contributed by atoms with Crippen LogP contribution in [0.2, 0.25) is 0 Å². The third-order valence-electron chi connectivity index (χ3n) is 5.18. The molecular weight excluding hydrogens is 302 g/mol. The average molecular weight is 329 g/mol. The van der Waals surface area contributed by atoms with Crippen LogP contribution in [0.1, 0.15) is 50.1 Å². The largest absolute Gasteiger partial charge is 0.347 e. The Morgan fingerprint density at radius 1 is 1.25 bits per heavy atom. The Morgan fingerprint density at radius 3 is 2.71 bits per heavy atom. The zero-order chi connectivity index (χ0) is 16.9. The van der Waals surface area contributed by atoms with E-state index in [0.717, 1.165) is 44.2 Å². The second-order valence-electron chi connectivity index (χ2n) is 7.04. The normalized spacial score (nSPS) is 25.5. The van der Waals surface area contributed by atoms with Crippen molar-refractivity contribution in [3.05, 3.63) is 35.9 Å². The minimum Gasteiger partial charge on any atom is -0.347 e. The van der Waals surface area contributed by atoms with Crippen molar-refractivity contribution in [1.82, 2.24) is 10.2 Å². The number of benzene rings is 1. The van der Waals surface area contributed by atoms with Crippen LogP contribution in [0.25, 0.3) is 0 Å². The minimum absolute atomic E-state index is 0.00533. The predicted molar refractivity (Wildman–Crippen MR) is 93.1 cm³/mol. The van der Waals surface area contributed by atoms with Crippen molar-refractivity contribution in [3.8, 4) is 0 Å². The van der Waals surface area contributed by atoms with Crippen molar-refractivity contribution in [2.75, 3.05) is 13.1 Å². The van der Waals surface area contributed by atoms with E-state index in [1.165, 1.54) is 0 Å². The van der Waals surface area contributed by atoms with Crippen molar-refractivity contribution >= 4 is 11.8 Å². The molecule has 5 nitrogen and oxygen atoms in total. The molecule has 1 saturated heterocycles. The first-order valence-corrected chi connectivity index (χ1v) is 9.02. The lowest BCUT2D eigenvalue weighted by Gasteiger charge is -2.30. The molecule has 3 unspecified atom stereocenters. The van der Waals surface area contributed by atoms with E-state index >= 15 is 0 Å². The van der Waals surface area contributed by atoms with Crippen molar-refractivity contribution < 1.29 is 9.59 Å². The predicted octanol–water partition coefficient (Wildman–Crippen LogP) is 1.98. The summed E-state index contributed by atoms with van der Waals surface area (Å²) in [6.45, 7) is 1.33. The zero-order valence-corrected chi connectivity index (χ0v) is 14.1. The van der Waals surface area contributed by atoms with Gasteiger partial charge in [0.2, 0.25) is 11.8 Å². The van der Waals surface area contributed by atoms with E-state index in [0.29, 0.717) is 13.0 Å². The summed E-state index contributed by atoms with van der Waals surface area (Å²) in [6, 6.07) is 9.90. The Hall–Kier alpha value is -1.88. The molecule has 0 spiro atoms. The van der Waals surface area contributed by atoms with Gasteiger partial charge in [0.05, 0.1) is 6.04 Å². The van der Waals surface area contributed by atoms with Crippen LogP contribution in [0, 0.1) is 5.92 Å². The number of likely N-dealkylation sites (tertiary alicyclic amines) is 1. The fourth-order valence-electron chi connectivity index (χ4n) is 3.79. The molecule has 0 aromatic heterocycles. The average Bonchev–Trinajstić information content (AvgIpc) is 3.00. The van der Waals surface area contributed by atoms with E-state index in [1.54, 1.807) is 0 Å². The summed E-state index contributed by atoms with van der Waals surface area (Å²) in [5.41, 5.74) is 7.07. The summed E-state index contributed by atoms with van der Waals surface area (Å²) < 4.78 is 0. The van der Waals surface area contributed by atoms with E-state index in [2.05, 4.69) is 5.32 Å². The van der Waals surface area contributed by atoms with Crippen LogP contribution >= 0.6 is 0 Å². The van der Waals surface area contributed by atoms with Crippen molar-refractivity contribution in [1.29, 1.82) is 0 Å². The van der Waals surface area contributed by atoms with E-state index < -0.39 is 0 Å². The summed E-state index contributed by atoms with van der Waals surface area (Å²) in [4.78, 5) is 26.5. The molecule has 1 aromatic carbocycles. The van der Waals surface area contributed by atoms with Gasteiger partial charge in [0.1, 0.15) is 0 Å². The Balaban J connectivity index is 1.69. The molecule has 1 heterocycles. The van der Waals surface area contributed by atoms with Crippen LogP contribution in [0.15, 0.2) is 30.3 Å². The molecule has 1 aromatic rings. The van der Waals surface area contributed by atoms with Gasteiger partial charge in [-0.1, -0.05) is 36.8 Å². The number of rotatable bonds is 5. The van der Waals surface area contributed by atoms with Gasteiger partial charge in [-0.3, -0.25) is 9.59 Å². The molecule has 3 N–H and O–H groups in total. The lowest BCUT2D eigenvalue weighted by Crippen LogP contribution is -2.43. The first-order valence-electron chi connectivity index (χ1n) is 9.02. The number of carbonyl (C=O) groups excluding carboxylic acids is 2. The maximum absolute atomic E-state index is 12.7. The fraction of sp³-hybridized carbons (Fsp3) is 0.579. The highest BCUT2D eigenvalue weighted by molar-refractivity contribution is 5.80. The molecule has 0 radical (unpaired) electrons. The van der Waals surface area contributed by atoms with Crippen molar-refractivity contribution in [2.24, 2.45) is 11.7 Å². The smallest absolute Gasteiger partial charge is 0.223 e. The first-order chi connectivity index (χ1) is 11.6. The number of hydrogen-bond donors (Lipinski definition) is 2. The van der Waals surface area contributed by atoms with Crippen LogP contribution < -0.4 is 11.1 Å². The number of amides is 2. The van der Waals surface area contributed by atoms with Gasteiger partial charge in [-0.15, -0.1) is 0 Å².